The van der Waals surface area contributed by atoms with E-state index in [0.29, 0.717) is 49.4 Å². The van der Waals surface area contributed by atoms with Crippen LogP contribution < -0.4 is 19.7 Å². The van der Waals surface area contributed by atoms with Gasteiger partial charge in [-0.25, -0.2) is 8.42 Å². The van der Waals surface area contributed by atoms with E-state index in [1.165, 1.54) is 6.20 Å². The zero-order valence-electron chi connectivity index (χ0n) is 15.0. The summed E-state index contributed by atoms with van der Waals surface area (Å²) in [6.07, 6.45) is 2.11. The van der Waals surface area contributed by atoms with Crippen molar-refractivity contribution < 1.29 is 17.9 Å². The molecule has 2 aliphatic rings. The lowest BCUT2D eigenvalue weighted by molar-refractivity contribution is 0.171. The molecule has 0 radical (unpaired) electrons. The van der Waals surface area contributed by atoms with Crippen LogP contribution in [0.2, 0.25) is 0 Å². The Bertz CT molecular complexity index is 937. The Kier molecular flexibility index (Phi) is 4.73. The Hall–Kier alpha value is -2.62. The zero-order chi connectivity index (χ0) is 18.9. The molecule has 9 nitrogen and oxygen atoms in total. The van der Waals surface area contributed by atoms with Gasteiger partial charge in [0.15, 0.2) is 27.2 Å². The van der Waals surface area contributed by atoms with Gasteiger partial charge in [-0.05, 0) is 25.5 Å². The van der Waals surface area contributed by atoms with Crippen molar-refractivity contribution in [2.45, 2.75) is 19.4 Å². The Morgan fingerprint density at radius 3 is 2.81 bits per heavy atom. The van der Waals surface area contributed by atoms with Crippen molar-refractivity contribution in [2.24, 2.45) is 0 Å². The summed E-state index contributed by atoms with van der Waals surface area (Å²) in [4.78, 5) is 6.41. The smallest absolute Gasteiger partial charge is 0.247 e. The fourth-order valence-corrected chi connectivity index (χ4v) is 5.06. The van der Waals surface area contributed by atoms with E-state index < -0.39 is 9.84 Å². The number of hydrogen-bond acceptors (Lipinski definition) is 9. The van der Waals surface area contributed by atoms with E-state index in [1.54, 1.807) is 0 Å². The van der Waals surface area contributed by atoms with Crippen molar-refractivity contribution >= 4 is 27.3 Å². The largest absolute Gasteiger partial charge is 0.486 e. The second kappa shape index (κ2) is 7.18. The number of fused-ring (bicyclic) bond motifs is 1. The first-order valence-corrected chi connectivity index (χ1v) is 10.7. The fraction of sp³-hybridized carbons (Fsp3) is 0.471. The quantitative estimate of drug-likeness (QED) is 0.809. The van der Waals surface area contributed by atoms with Crippen LogP contribution in [0.5, 0.6) is 11.5 Å². The number of ether oxygens (including phenoxy) is 2. The summed E-state index contributed by atoms with van der Waals surface area (Å²) in [6.45, 7) is 3.62. The molecule has 144 valence electrons. The molecule has 1 saturated heterocycles. The predicted molar refractivity (Wildman–Crippen MR) is 101 cm³/mol. The third-order valence-corrected chi connectivity index (χ3v) is 6.36. The number of aromatic nitrogens is 3. The lowest BCUT2D eigenvalue weighted by atomic mass is 10.2. The molecule has 4 rings (SSSR count). The summed E-state index contributed by atoms with van der Waals surface area (Å²) >= 11 is 0. The third kappa shape index (κ3) is 3.90. The number of anilines is 3. The Morgan fingerprint density at radius 1 is 1.26 bits per heavy atom. The fourth-order valence-electron chi connectivity index (χ4n) is 3.33. The van der Waals surface area contributed by atoms with Gasteiger partial charge in [0.25, 0.3) is 0 Å². The minimum Gasteiger partial charge on any atom is -0.486 e. The molecule has 1 atom stereocenters. The van der Waals surface area contributed by atoms with E-state index in [9.17, 15) is 8.42 Å². The van der Waals surface area contributed by atoms with Gasteiger partial charge in [-0.15, -0.1) is 5.10 Å². The Labute approximate surface area is 157 Å². The van der Waals surface area contributed by atoms with Crippen molar-refractivity contribution in [3.63, 3.8) is 0 Å². The number of nitrogens with one attached hydrogen (secondary N) is 1. The van der Waals surface area contributed by atoms with Gasteiger partial charge in [0.2, 0.25) is 5.95 Å². The van der Waals surface area contributed by atoms with Crippen molar-refractivity contribution in [1.82, 2.24) is 15.2 Å². The van der Waals surface area contributed by atoms with Gasteiger partial charge in [0.05, 0.1) is 17.7 Å². The molecule has 27 heavy (non-hydrogen) atoms. The van der Waals surface area contributed by atoms with Gasteiger partial charge in [0, 0.05) is 24.3 Å². The van der Waals surface area contributed by atoms with Crippen LogP contribution in [-0.2, 0) is 9.84 Å². The molecule has 1 N–H and O–H groups in total. The minimum atomic E-state index is -2.99. The van der Waals surface area contributed by atoms with Gasteiger partial charge < -0.3 is 19.7 Å². The van der Waals surface area contributed by atoms with E-state index >= 15 is 0 Å². The highest BCUT2D eigenvalue weighted by Gasteiger charge is 2.33. The first-order valence-electron chi connectivity index (χ1n) is 8.87. The van der Waals surface area contributed by atoms with E-state index in [0.717, 1.165) is 5.69 Å². The molecule has 1 unspecified atom stereocenters. The van der Waals surface area contributed by atoms with Crippen LogP contribution in [0, 0.1) is 0 Å². The normalized spacial score (nSPS) is 20.3. The van der Waals surface area contributed by atoms with Crippen molar-refractivity contribution in [3.05, 3.63) is 24.4 Å². The number of sulfone groups is 1. The highest BCUT2D eigenvalue weighted by molar-refractivity contribution is 7.91. The molecule has 0 spiro atoms. The molecule has 2 aliphatic heterocycles. The monoisotopic (exact) mass is 391 g/mol. The molecule has 1 aromatic carbocycles. The minimum absolute atomic E-state index is 0.119. The average Bonchev–Trinajstić information content (AvgIpc) is 3.02. The predicted octanol–water partition coefficient (Wildman–Crippen LogP) is 1.40. The number of hydrogen-bond donors (Lipinski definition) is 1. The van der Waals surface area contributed by atoms with Crippen molar-refractivity contribution in [2.75, 3.05) is 41.5 Å². The number of nitrogens with zero attached hydrogens (tertiary/aromatic N) is 4. The van der Waals surface area contributed by atoms with E-state index in [4.69, 9.17) is 9.47 Å². The maximum absolute atomic E-state index is 11.8. The van der Waals surface area contributed by atoms with Gasteiger partial charge in [-0.2, -0.15) is 10.1 Å². The second-order valence-corrected chi connectivity index (χ2v) is 8.70. The lowest BCUT2D eigenvalue weighted by Crippen LogP contribution is -2.37. The standard InChI is InChI=1S/C17H21N5O4S/c1-2-22(13-5-8-27(23,24)11-13)17-20-16(10-18-21-17)19-12-3-4-14-15(9-12)26-7-6-25-14/h3-4,9-10,13H,2,5-8,11H2,1H3,(H,19,20,21). The topological polar surface area (TPSA) is 107 Å². The van der Waals surface area contributed by atoms with Gasteiger partial charge in [-0.3, -0.25) is 0 Å². The zero-order valence-corrected chi connectivity index (χ0v) is 15.8. The molecule has 3 heterocycles. The van der Waals surface area contributed by atoms with E-state index in [-0.39, 0.29) is 17.5 Å². The first-order chi connectivity index (χ1) is 13.0. The second-order valence-electron chi connectivity index (χ2n) is 6.47. The van der Waals surface area contributed by atoms with E-state index in [2.05, 4.69) is 20.5 Å². The van der Waals surface area contributed by atoms with Crippen molar-refractivity contribution in [1.29, 1.82) is 0 Å². The van der Waals surface area contributed by atoms with Gasteiger partial charge in [-0.1, -0.05) is 0 Å². The van der Waals surface area contributed by atoms with Crippen LogP contribution in [0.4, 0.5) is 17.5 Å². The SMILES string of the molecule is CCN(c1nncc(Nc2ccc3c(c2)OCCO3)n1)C1CCS(=O)(=O)C1. The van der Waals surface area contributed by atoms with Crippen molar-refractivity contribution in [3.8, 4) is 11.5 Å². The molecular weight excluding hydrogens is 370 g/mol. The molecular formula is C17H21N5O4S. The summed E-state index contributed by atoms with van der Waals surface area (Å²) in [5.74, 6) is 2.67. The summed E-state index contributed by atoms with van der Waals surface area (Å²) < 4.78 is 34.7. The summed E-state index contributed by atoms with van der Waals surface area (Å²) in [6, 6.07) is 5.44. The highest BCUT2D eigenvalue weighted by atomic mass is 32.2. The molecule has 0 bridgehead atoms. The molecule has 1 fully saturated rings. The third-order valence-electron chi connectivity index (χ3n) is 4.61. The lowest BCUT2D eigenvalue weighted by Gasteiger charge is -2.26. The Balaban J connectivity index is 1.53. The van der Waals surface area contributed by atoms with Crippen LogP contribution in [0.25, 0.3) is 0 Å². The summed E-state index contributed by atoms with van der Waals surface area (Å²) in [7, 11) is -2.99. The number of rotatable bonds is 5. The summed E-state index contributed by atoms with van der Waals surface area (Å²) in [5, 5.41) is 11.3. The first kappa shape index (κ1) is 17.8. The highest BCUT2D eigenvalue weighted by Crippen LogP contribution is 2.33. The van der Waals surface area contributed by atoms with Crippen LogP contribution in [-0.4, -0.2) is 60.9 Å². The number of benzene rings is 1. The molecule has 0 amide bonds. The van der Waals surface area contributed by atoms with Gasteiger partial charge in [0.1, 0.15) is 13.2 Å². The molecule has 1 aromatic heterocycles. The maximum Gasteiger partial charge on any atom is 0.247 e. The van der Waals surface area contributed by atoms with Crippen LogP contribution >= 0.6 is 0 Å². The van der Waals surface area contributed by atoms with Crippen LogP contribution in [0.15, 0.2) is 24.4 Å². The molecule has 2 aromatic rings. The average molecular weight is 391 g/mol. The molecule has 0 saturated carbocycles. The summed E-state index contributed by atoms with van der Waals surface area (Å²) in [5.41, 5.74) is 0.789. The van der Waals surface area contributed by atoms with Crippen LogP contribution in [0.1, 0.15) is 13.3 Å². The van der Waals surface area contributed by atoms with Gasteiger partial charge >= 0.3 is 0 Å². The Morgan fingerprint density at radius 2 is 2.07 bits per heavy atom. The molecule has 10 heteroatoms. The van der Waals surface area contributed by atoms with Crippen LogP contribution in [0.3, 0.4) is 0 Å². The maximum atomic E-state index is 11.8. The van der Waals surface area contributed by atoms with E-state index in [1.807, 2.05) is 30.0 Å². The molecule has 0 aliphatic carbocycles.